The van der Waals surface area contributed by atoms with Crippen LogP contribution in [-0.4, -0.2) is 29.6 Å². The van der Waals surface area contributed by atoms with Crippen LogP contribution in [0.2, 0.25) is 0 Å². The van der Waals surface area contributed by atoms with E-state index in [1.807, 2.05) is 18.0 Å². The van der Waals surface area contributed by atoms with Crippen LogP contribution >= 0.6 is 15.9 Å². The second-order valence-corrected chi connectivity index (χ2v) is 4.87. The molecule has 0 unspecified atom stereocenters. The lowest BCUT2D eigenvalue weighted by molar-refractivity contribution is -0.137. The van der Waals surface area contributed by atoms with E-state index in [1.165, 1.54) is 11.1 Å². The number of carboxylic acid groups (broad SMARTS) is 1. The summed E-state index contributed by atoms with van der Waals surface area (Å²) < 4.78 is 1.07. The molecule has 0 aliphatic rings. The summed E-state index contributed by atoms with van der Waals surface area (Å²) >= 11 is 3.42. The van der Waals surface area contributed by atoms with Crippen LogP contribution in [0.15, 0.2) is 22.7 Å². The lowest BCUT2D eigenvalue weighted by Gasteiger charge is -2.17. The first kappa shape index (κ1) is 13.2. The molecular formula is C12H16BrNO2. The van der Waals surface area contributed by atoms with Gasteiger partial charge in [0.25, 0.3) is 0 Å². The first-order valence-corrected chi connectivity index (χ1v) is 5.93. The molecule has 0 saturated carbocycles. The normalized spacial score (nSPS) is 10.8. The van der Waals surface area contributed by atoms with Gasteiger partial charge in [0.15, 0.2) is 0 Å². The summed E-state index contributed by atoms with van der Waals surface area (Å²) in [5.74, 6) is -0.751. The molecule has 0 radical (unpaired) electrons. The second-order valence-electron chi connectivity index (χ2n) is 3.95. The number of halogens is 1. The van der Waals surface area contributed by atoms with E-state index in [-0.39, 0.29) is 6.42 Å². The maximum Gasteiger partial charge on any atom is 0.304 e. The van der Waals surface area contributed by atoms with E-state index >= 15 is 0 Å². The lowest BCUT2D eigenvalue weighted by atomic mass is 10.1. The van der Waals surface area contributed by atoms with Gasteiger partial charge < -0.3 is 10.0 Å². The molecule has 0 atom stereocenters. The smallest absolute Gasteiger partial charge is 0.304 e. The predicted octanol–water partition coefficient (Wildman–Crippen LogP) is 2.66. The number of benzene rings is 1. The molecule has 0 aliphatic heterocycles. The Kier molecular flexibility index (Phi) is 4.96. The van der Waals surface area contributed by atoms with Gasteiger partial charge in [-0.2, -0.15) is 0 Å². The summed E-state index contributed by atoms with van der Waals surface area (Å²) in [6.07, 6.45) is 0.187. The number of hydrogen-bond acceptors (Lipinski definition) is 2. The zero-order chi connectivity index (χ0) is 12.1. The first-order valence-electron chi connectivity index (χ1n) is 5.14. The van der Waals surface area contributed by atoms with Gasteiger partial charge in [0.2, 0.25) is 0 Å². The Morgan fingerprint density at radius 1 is 1.50 bits per heavy atom. The molecule has 0 heterocycles. The minimum absolute atomic E-state index is 0.187. The SMILES string of the molecule is Cc1cc(Br)ccc1CN(C)CCC(=O)O. The van der Waals surface area contributed by atoms with Gasteiger partial charge in [-0.05, 0) is 37.2 Å². The molecular weight excluding hydrogens is 270 g/mol. The topological polar surface area (TPSA) is 40.5 Å². The quantitative estimate of drug-likeness (QED) is 0.904. The lowest BCUT2D eigenvalue weighted by Crippen LogP contribution is -2.21. The van der Waals surface area contributed by atoms with E-state index in [0.717, 1.165) is 11.0 Å². The molecule has 1 N–H and O–H groups in total. The Bertz CT molecular complexity index is 379. The van der Waals surface area contributed by atoms with Gasteiger partial charge in [0, 0.05) is 17.6 Å². The van der Waals surface area contributed by atoms with Crippen LogP contribution in [0, 0.1) is 6.92 Å². The number of aryl methyl sites for hydroxylation is 1. The third-order valence-corrected chi connectivity index (χ3v) is 2.95. The molecule has 3 nitrogen and oxygen atoms in total. The Labute approximate surface area is 104 Å². The van der Waals surface area contributed by atoms with Gasteiger partial charge in [-0.1, -0.05) is 22.0 Å². The number of aliphatic carboxylic acids is 1. The van der Waals surface area contributed by atoms with Crippen molar-refractivity contribution in [3.05, 3.63) is 33.8 Å². The highest BCUT2D eigenvalue weighted by atomic mass is 79.9. The Balaban J connectivity index is 2.55. The molecule has 0 saturated heterocycles. The van der Waals surface area contributed by atoms with Crippen molar-refractivity contribution in [1.82, 2.24) is 4.90 Å². The fraction of sp³-hybridized carbons (Fsp3) is 0.417. The minimum atomic E-state index is -0.751. The highest BCUT2D eigenvalue weighted by Gasteiger charge is 2.05. The van der Waals surface area contributed by atoms with Crippen molar-refractivity contribution in [2.24, 2.45) is 0 Å². The number of carbonyl (C=O) groups is 1. The molecule has 0 aliphatic carbocycles. The second kappa shape index (κ2) is 6.01. The van der Waals surface area contributed by atoms with Crippen LogP contribution in [0.25, 0.3) is 0 Å². The van der Waals surface area contributed by atoms with Crippen molar-refractivity contribution < 1.29 is 9.90 Å². The van der Waals surface area contributed by atoms with Gasteiger partial charge in [-0.25, -0.2) is 0 Å². The molecule has 0 aromatic heterocycles. The van der Waals surface area contributed by atoms with Gasteiger partial charge in [-0.3, -0.25) is 4.79 Å². The average Bonchev–Trinajstić information content (AvgIpc) is 2.19. The predicted molar refractivity (Wildman–Crippen MR) is 67.5 cm³/mol. The summed E-state index contributed by atoms with van der Waals surface area (Å²) in [4.78, 5) is 12.5. The number of rotatable bonds is 5. The zero-order valence-electron chi connectivity index (χ0n) is 9.53. The molecule has 1 rings (SSSR count). The van der Waals surface area contributed by atoms with E-state index < -0.39 is 5.97 Å². The zero-order valence-corrected chi connectivity index (χ0v) is 11.1. The Morgan fingerprint density at radius 3 is 2.75 bits per heavy atom. The summed E-state index contributed by atoms with van der Waals surface area (Å²) in [7, 11) is 1.93. The third kappa shape index (κ3) is 4.33. The maximum atomic E-state index is 10.4. The van der Waals surface area contributed by atoms with Gasteiger partial charge in [0.05, 0.1) is 6.42 Å². The molecule has 0 fully saturated rings. The third-order valence-electron chi connectivity index (χ3n) is 2.45. The van der Waals surface area contributed by atoms with Crippen molar-refractivity contribution in [3.8, 4) is 0 Å². The van der Waals surface area contributed by atoms with Crippen molar-refractivity contribution >= 4 is 21.9 Å². The van der Waals surface area contributed by atoms with Gasteiger partial charge >= 0.3 is 5.97 Å². The molecule has 1 aromatic carbocycles. The summed E-state index contributed by atoms with van der Waals surface area (Å²) in [5.41, 5.74) is 2.45. The van der Waals surface area contributed by atoms with E-state index in [1.54, 1.807) is 0 Å². The molecule has 0 bridgehead atoms. The van der Waals surface area contributed by atoms with Crippen molar-refractivity contribution in [3.63, 3.8) is 0 Å². The summed E-state index contributed by atoms with van der Waals surface area (Å²) in [5, 5.41) is 8.59. The van der Waals surface area contributed by atoms with Crippen LogP contribution in [-0.2, 0) is 11.3 Å². The number of hydrogen-bond donors (Lipinski definition) is 1. The van der Waals surface area contributed by atoms with Crippen LogP contribution in [0.3, 0.4) is 0 Å². The van der Waals surface area contributed by atoms with Crippen LogP contribution in [0.4, 0.5) is 0 Å². The Hall–Kier alpha value is -0.870. The summed E-state index contributed by atoms with van der Waals surface area (Å²) in [6, 6.07) is 6.14. The minimum Gasteiger partial charge on any atom is -0.481 e. The maximum absolute atomic E-state index is 10.4. The number of nitrogens with zero attached hydrogens (tertiary/aromatic N) is 1. The summed E-state index contributed by atoms with van der Waals surface area (Å²) in [6.45, 7) is 3.42. The molecule has 0 spiro atoms. The van der Waals surface area contributed by atoms with Crippen molar-refractivity contribution in [2.75, 3.05) is 13.6 Å². The van der Waals surface area contributed by atoms with Crippen molar-refractivity contribution in [1.29, 1.82) is 0 Å². The fourth-order valence-corrected chi connectivity index (χ4v) is 1.97. The molecule has 0 amide bonds. The first-order chi connectivity index (χ1) is 7.49. The van der Waals surface area contributed by atoms with E-state index in [2.05, 4.69) is 35.0 Å². The van der Waals surface area contributed by atoms with Gasteiger partial charge in [0.1, 0.15) is 0 Å². The van der Waals surface area contributed by atoms with Crippen LogP contribution < -0.4 is 0 Å². The van der Waals surface area contributed by atoms with Gasteiger partial charge in [-0.15, -0.1) is 0 Å². The highest BCUT2D eigenvalue weighted by molar-refractivity contribution is 9.10. The van der Waals surface area contributed by atoms with E-state index in [4.69, 9.17) is 5.11 Å². The van der Waals surface area contributed by atoms with E-state index in [0.29, 0.717) is 6.54 Å². The van der Waals surface area contributed by atoms with Crippen LogP contribution in [0.1, 0.15) is 17.5 Å². The molecule has 4 heteroatoms. The Morgan fingerprint density at radius 2 is 2.19 bits per heavy atom. The standard InChI is InChI=1S/C12H16BrNO2/c1-9-7-11(13)4-3-10(9)8-14(2)6-5-12(15)16/h3-4,7H,5-6,8H2,1-2H3,(H,15,16). The monoisotopic (exact) mass is 285 g/mol. The number of carboxylic acids is 1. The molecule has 88 valence electrons. The van der Waals surface area contributed by atoms with Crippen molar-refractivity contribution in [2.45, 2.75) is 19.9 Å². The van der Waals surface area contributed by atoms with Crippen LogP contribution in [0.5, 0.6) is 0 Å². The van der Waals surface area contributed by atoms with E-state index in [9.17, 15) is 4.79 Å². The highest BCUT2D eigenvalue weighted by Crippen LogP contribution is 2.17. The molecule has 1 aromatic rings. The average molecular weight is 286 g/mol. The fourth-order valence-electron chi connectivity index (χ4n) is 1.49. The molecule has 16 heavy (non-hydrogen) atoms. The largest absolute Gasteiger partial charge is 0.481 e.